The van der Waals surface area contributed by atoms with Crippen molar-refractivity contribution in [2.75, 3.05) is 0 Å². The lowest BCUT2D eigenvalue weighted by Crippen LogP contribution is -2.03. The summed E-state index contributed by atoms with van der Waals surface area (Å²) in [6.45, 7) is 4.28. The van der Waals surface area contributed by atoms with Gasteiger partial charge in [0.25, 0.3) is 0 Å². The number of alkyl halides is 1. The number of hydrogen-bond donors (Lipinski definition) is 0. The third-order valence-electron chi connectivity index (χ3n) is 3.45. The number of hydrogen-bond acceptors (Lipinski definition) is 1. The molecule has 1 saturated carbocycles. The Labute approximate surface area is 116 Å². The van der Waals surface area contributed by atoms with Gasteiger partial charge in [-0.1, -0.05) is 22.0 Å². The van der Waals surface area contributed by atoms with E-state index in [4.69, 9.17) is 0 Å². The highest BCUT2D eigenvalue weighted by molar-refractivity contribution is 9.08. The maximum atomic E-state index is 4.59. The molecule has 0 unspecified atom stereocenters. The average Bonchev–Trinajstić information content (AvgIpc) is 3.07. The van der Waals surface area contributed by atoms with Crippen molar-refractivity contribution in [1.82, 2.24) is 9.78 Å². The second kappa shape index (κ2) is 4.54. The van der Waals surface area contributed by atoms with Crippen molar-refractivity contribution in [2.24, 2.45) is 0 Å². The van der Waals surface area contributed by atoms with Crippen LogP contribution >= 0.6 is 15.9 Å². The first-order chi connectivity index (χ1) is 8.69. The number of nitrogens with zero attached hydrogens (tertiary/aromatic N) is 2. The molecule has 2 nitrogen and oxygen atoms in total. The summed E-state index contributed by atoms with van der Waals surface area (Å²) in [6.07, 6.45) is 4.60. The first-order valence-electron chi connectivity index (χ1n) is 6.40. The molecule has 1 heterocycles. The first-order valence-corrected chi connectivity index (χ1v) is 7.52. The number of halogens is 1. The standard InChI is InChI=1S/C15H17BrN2/c1-10-5-11(2)7-14(6-10)18-15(12-3-4-12)13(8-16)9-17-18/h5-7,9,12H,3-4,8H2,1-2H3. The summed E-state index contributed by atoms with van der Waals surface area (Å²) < 4.78 is 2.13. The van der Waals surface area contributed by atoms with E-state index in [1.54, 1.807) is 0 Å². The fraction of sp³-hybridized carbons (Fsp3) is 0.400. The van der Waals surface area contributed by atoms with Gasteiger partial charge in [-0.3, -0.25) is 0 Å². The quantitative estimate of drug-likeness (QED) is 0.775. The molecule has 18 heavy (non-hydrogen) atoms. The molecule has 3 heteroatoms. The van der Waals surface area contributed by atoms with Crippen LogP contribution in [0.5, 0.6) is 0 Å². The molecule has 1 fully saturated rings. The number of benzene rings is 1. The van der Waals surface area contributed by atoms with Crippen LogP contribution in [0.1, 0.15) is 41.1 Å². The molecule has 0 N–H and O–H groups in total. The van der Waals surface area contributed by atoms with Crippen LogP contribution in [-0.4, -0.2) is 9.78 Å². The van der Waals surface area contributed by atoms with Crippen molar-refractivity contribution in [1.29, 1.82) is 0 Å². The Hall–Kier alpha value is -1.09. The minimum atomic E-state index is 0.709. The van der Waals surface area contributed by atoms with Gasteiger partial charge in [0.15, 0.2) is 0 Å². The van der Waals surface area contributed by atoms with E-state index in [2.05, 4.69) is 57.8 Å². The fourth-order valence-corrected chi connectivity index (χ4v) is 3.00. The van der Waals surface area contributed by atoms with Crippen LogP contribution in [0.15, 0.2) is 24.4 Å². The lowest BCUT2D eigenvalue weighted by molar-refractivity contribution is 0.803. The second-order valence-corrected chi connectivity index (χ2v) is 5.78. The van der Waals surface area contributed by atoms with Gasteiger partial charge < -0.3 is 0 Å². The Morgan fingerprint density at radius 2 is 1.89 bits per heavy atom. The lowest BCUT2D eigenvalue weighted by Gasteiger charge is -2.10. The van der Waals surface area contributed by atoms with Gasteiger partial charge >= 0.3 is 0 Å². The summed E-state index contributed by atoms with van der Waals surface area (Å²) in [6, 6.07) is 6.63. The minimum absolute atomic E-state index is 0.709. The van der Waals surface area contributed by atoms with Crippen molar-refractivity contribution in [2.45, 2.75) is 37.9 Å². The Morgan fingerprint density at radius 1 is 1.22 bits per heavy atom. The zero-order chi connectivity index (χ0) is 12.7. The highest BCUT2D eigenvalue weighted by Gasteiger charge is 2.30. The third-order valence-corrected chi connectivity index (χ3v) is 4.05. The summed E-state index contributed by atoms with van der Waals surface area (Å²) >= 11 is 3.57. The Kier molecular flexibility index (Phi) is 3.02. The highest BCUT2D eigenvalue weighted by atomic mass is 79.9. The third kappa shape index (κ3) is 2.12. The van der Waals surface area contributed by atoms with Gasteiger partial charge in [-0.25, -0.2) is 4.68 Å². The largest absolute Gasteiger partial charge is 0.237 e. The van der Waals surface area contributed by atoms with Crippen molar-refractivity contribution in [3.05, 3.63) is 46.8 Å². The van der Waals surface area contributed by atoms with Gasteiger partial charge in [0, 0.05) is 16.8 Å². The molecule has 0 amide bonds. The summed E-state index contributed by atoms with van der Waals surface area (Å²) in [7, 11) is 0. The SMILES string of the molecule is Cc1cc(C)cc(-n2ncc(CBr)c2C2CC2)c1. The molecule has 1 aromatic carbocycles. The normalized spacial score (nSPS) is 15.1. The van der Waals surface area contributed by atoms with E-state index < -0.39 is 0 Å². The molecule has 94 valence electrons. The van der Waals surface area contributed by atoms with E-state index in [1.807, 2.05) is 6.20 Å². The van der Waals surface area contributed by atoms with Crippen LogP contribution in [0, 0.1) is 13.8 Å². The van der Waals surface area contributed by atoms with Crippen molar-refractivity contribution in [3.63, 3.8) is 0 Å². The van der Waals surface area contributed by atoms with Gasteiger partial charge in [-0.15, -0.1) is 0 Å². The Bertz CT molecular complexity index is 562. The van der Waals surface area contributed by atoms with E-state index in [1.165, 1.54) is 40.9 Å². The molecule has 0 aliphatic heterocycles. The van der Waals surface area contributed by atoms with Crippen LogP contribution in [0.3, 0.4) is 0 Å². The van der Waals surface area contributed by atoms with E-state index in [9.17, 15) is 0 Å². The van der Waals surface area contributed by atoms with Gasteiger partial charge in [-0.2, -0.15) is 5.10 Å². The molecular weight excluding hydrogens is 288 g/mol. The molecule has 1 aliphatic rings. The molecular formula is C15H17BrN2. The second-order valence-electron chi connectivity index (χ2n) is 5.22. The van der Waals surface area contributed by atoms with E-state index in [0.717, 1.165) is 5.33 Å². The monoisotopic (exact) mass is 304 g/mol. The van der Waals surface area contributed by atoms with Crippen molar-refractivity contribution in [3.8, 4) is 5.69 Å². The fourth-order valence-electron chi connectivity index (χ4n) is 2.57. The van der Waals surface area contributed by atoms with Crippen LogP contribution in [0.2, 0.25) is 0 Å². The van der Waals surface area contributed by atoms with Crippen LogP contribution in [0.4, 0.5) is 0 Å². The zero-order valence-electron chi connectivity index (χ0n) is 10.8. The van der Waals surface area contributed by atoms with E-state index in [-0.39, 0.29) is 0 Å². The van der Waals surface area contributed by atoms with E-state index >= 15 is 0 Å². The Morgan fingerprint density at radius 3 is 2.44 bits per heavy atom. The lowest BCUT2D eigenvalue weighted by atomic mass is 10.1. The zero-order valence-corrected chi connectivity index (χ0v) is 12.4. The van der Waals surface area contributed by atoms with Crippen LogP contribution in [-0.2, 0) is 5.33 Å². The maximum absolute atomic E-state index is 4.59. The summed E-state index contributed by atoms with van der Waals surface area (Å²) in [5.74, 6) is 0.709. The molecule has 0 spiro atoms. The minimum Gasteiger partial charge on any atom is -0.237 e. The summed E-state index contributed by atoms with van der Waals surface area (Å²) in [5.41, 5.74) is 6.51. The molecule has 0 bridgehead atoms. The van der Waals surface area contributed by atoms with Gasteiger partial charge in [0.1, 0.15) is 0 Å². The van der Waals surface area contributed by atoms with E-state index in [0.29, 0.717) is 5.92 Å². The summed E-state index contributed by atoms with van der Waals surface area (Å²) in [5, 5.41) is 5.48. The molecule has 3 rings (SSSR count). The highest BCUT2D eigenvalue weighted by Crippen LogP contribution is 2.43. The molecule has 1 aliphatic carbocycles. The summed E-state index contributed by atoms with van der Waals surface area (Å²) in [4.78, 5) is 0. The van der Waals surface area contributed by atoms with Crippen LogP contribution < -0.4 is 0 Å². The molecule has 0 radical (unpaired) electrons. The first kappa shape index (κ1) is 12.0. The predicted molar refractivity (Wildman–Crippen MR) is 77.6 cm³/mol. The van der Waals surface area contributed by atoms with Gasteiger partial charge in [-0.05, 0) is 49.9 Å². The molecule has 2 aromatic rings. The predicted octanol–water partition coefficient (Wildman–Crippen LogP) is 4.26. The van der Waals surface area contributed by atoms with Gasteiger partial charge in [0.05, 0.1) is 17.6 Å². The number of aromatic nitrogens is 2. The number of rotatable bonds is 3. The number of aryl methyl sites for hydroxylation is 2. The smallest absolute Gasteiger partial charge is 0.0654 e. The van der Waals surface area contributed by atoms with Crippen LogP contribution in [0.25, 0.3) is 5.69 Å². The molecule has 0 saturated heterocycles. The average molecular weight is 305 g/mol. The van der Waals surface area contributed by atoms with Crippen molar-refractivity contribution < 1.29 is 0 Å². The maximum Gasteiger partial charge on any atom is 0.0654 e. The molecule has 1 aromatic heterocycles. The Balaban J connectivity index is 2.13. The van der Waals surface area contributed by atoms with Crippen molar-refractivity contribution >= 4 is 15.9 Å². The topological polar surface area (TPSA) is 17.8 Å². The van der Waals surface area contributed by atoms with Gasteiger partial charge in [0.2, 0.25) is 0 Å². The molecule has 0 atom stereocenters.